The monoisotopic (exact) mass is 377 g/mol. The van der Waals surface area contributed by atoms with Gasteiger partial charge in [0.1, 0.15) is 0 Å². The molecule has 0 aliphatic heterocycles. The topological polar surface area (TPSA) is 72.0 Å². The van der Waals surface area contributed by atoms with E-state index >= 15 is 0 Å². The first-order chi connectivity index (χ1) is 12.0. The van der Waals surface area contributed by atoms with Crippen molar-refractivity contribution in [3.8, 4) is 0 Å². The van der Waals surface area contributed by atoms with Gasteiger partial charge in [-0.3, -0.25) is 0 Å². The molecule has 1 aliphatic carbocycles. The molecule has 2 aromatic rings. The Morgan fingerprint density at radius 3 is 2.44 bits per heavy atom. The summed E-state index contributed by atoms with van der Waals surface area (Å²) >= 11 is 1.69. The van der Waals surface area contributed by atoms with E-state index in [0.29, 0.717) is 5.25 Å². The van der Waals surface area contributed by atoms with Gasteiger partial charge in [0.05, 0.1) is 5.75 Å². The van der Waals surface area contributed by atoms with Crippen LogP contribution in [-0.4, -0.2) is 29.7 Å². The summed E-state index contributed by atoms with van der Waals surface area (Å²) < 4.78 is 27.8. The van der Waals surface area contributed by atoms with Crippen molar-refractivity contribution < 1.29 is 8.42 Å². The van der Waals surface area contributed by atoms with E-state index in [9.17, 15) is 8.42 Å². The summed E-state index contributed by atoms with van der Waals surface area (Å²) in [5, 5.41) is 1.26. The maximum Gasteiger partial charge on any atom is 0.216 e. The highest BCUT2D eigenvalue weighted by atomic mass is 32.2. The largest absolute Gasteiger partial charge is 0.231 e. The van der Waals surface area contributed by atoms with Crippen molar-refractivity contribution in [3.05, 3.63) is 53.9 Å². The summed E-state index contributed by atoms with van der Waals surface area (Å²) in [4.78, 5) is 8.49. The van der Waals surface area contributed by atoms with E-state index in [0.717, 1.165) is 42.0 Å². The second-order valence-corrected chi connectivity index (χ2v) is 9.45. The molecule has 1 heterocycles. The molecule has 0 atom stereocenters. The number of thioether (sulfide) groups is 1. The van der Waals surface area contributed by atoms with Crippen molar-refractivity contribution in [2.24, 2.45) is 0 Å². The van der Waals surface area contributed by atoms with Gasteiger partial charge in [0.2, 0.25) is 10.0 Å². The maximum absolute atomic E-state index is 12.5. The Balaban J connectivity index is 1.50. The van der Waals surface area contributed by atoms with Crippen LogP contribution in [0.2, 0.25) is 0 Å². The second-order valence-electron chi connectivity index (χ2n) is 6.43. The van der Waals surface area contributed by atoms with Gasteiger partial charge in [0, 0.05) is 23.7 Å². The molecule has 0 saturated heterocycles. The van der Waals surface area contributed by atoms with E-state index in [4.69, 9.17) is 0 Å². The number of nitrogens with one attached hydrogen (secondary N) is 1. The van der Waals surface area contributed by atoms with Gasteiger partial charge in [-0.15, -0.1) is 0 Å². The summed E-state index contributed by atoms with van der Waals surface area (Å²) in [7, 11) is -3.31. The Hall–Kier alpha value is -1.44. The Labute approximate surface area is 153 Å². The molecule has 0 bridgehead atoms. The quantitative estimate of drug-likeness (QED) is 0.782. The average Bonchev–Trinajstić information content (AvgIpc) is 2.59. The van der Waals surface area contributed by atoms with Crippen LogP contribution in [0.15, 0.2) is 47.9 Å². The lowest BCUT2D eigenvalue weighted by Gasteiger charge is -2.28. The van der Waals surface area contributed by atoms with E-state index in [1.165, 1.54) is 0 Å². The molecule has 0 spiro atoms. The third-order valence-corrected chi connectivity index (χ3v) is 7.05. The lowest BCUT2D eigenvalue weighted by molar-refractivity contribution is 0.419. The van der Waals surface area contributed by atoms with Gasteiger partial charge in [-0.05, 0) is 49.8 Å². The zero-order valence-corrected chi connectivity index (χ0v) is 15.9. The minimum absolute atomic E-state index is 0.0301. The first-order valence-electron chi connectivity index (χ1n) is 8.50. The van der Waals surface area contributed by atoms with Crippen LogP contribution in [0.5, 0.6) is 0 Å². The van der Waals surface area contributed by atoms with Crippen LogP contribution in [-0.2, 0) is 15.8 Å². The SMILES string of the molecule is Cc1ccccc1CS(=O)(=O)NC1CCC(Sc2ncccn2)CC1. The van der Waals surface area contributed by atoms with Crippen LogP contribution in [0, 0.1) is 6.92 Å². The Morgan fingerprint density at radius 1 is 1.08 bits per heavy atom. The summed E-state index contributed by atoms with van der Waals surface area (Å²) in [6.45, 7) is 1.94. The molecular weight excluding hydrogens is 354 g/mol. The molecule has 1 aromatic carbocycles. The first-order valence-corrected chi connectivity index (χ1v) is 11.0. The molecule has 25 heavy (non-hydrogen) atoms. The Kier molecular flexibility index (Phi) is 6.09. The molecule has 1 fully saturated rings. The summed E-state index contributed by atoms with van der Waals surface area (Å²) in [5.74, 6) is 0.0478. The Bertz CT molecular complexity index is 789. The van der Waals surface area contributed by atoms with E-state index in [-0.39, 0.29) is 11.8 Å². The van der Waals surface area contributed by atoms with E-state index in [1.54, 1.807) is 24.2 Å². The highest BCUT2D eigenvalue weighted by Crippen LogP contribution is 2.32. The van der Waals surface area contributed by atoms with Crippen LogP contribution >= 0.6 is 11.8 Å². The van der Waals surface area contributed by atoms with Crippen molar-refractivity contribution in [3.63, 3.8) is 0 Å². The van der Waals surface area contributed by atoms with E-state index in [2.05, 4.69) is 14.7 Å². The number of nitrogens with zero attached hydrogens (tertiary/aromatic N) is 2. The summed E-state index contributed by atoms with van der Waals surface area (Å²) in [5.41, 5.74) is 1.87. The van der Waals surface area contributed by atoms with Crippen LogP contribution < -0.4 is 4.72 Å². The minimum Gasteiger partial charge on any atom is -0.231 e. The smallest absolute Gasteiger partial charge is 0.216 e. The number of rotatable bonds is 6. The number of sulfonamides is 1. The number of hydrogen-bond acceptors (Lipinski definition) is 5. The van der Waals surface area contributed by atoms with Crippen molar-refractivity contribution in [1.82, 2.24) is 14.7 Å². The van der Waals surface area contributed by atoms with Crippen LogP contribution in [0.1, 0.15) is 36.8 Å². The fraction of sp³-hybridized carbons (Fsp3) is 0.444. The zero-order valence-electron chi connectivity index (χ0n) is 14.3. The average molecular weight is 378 g/mol. The van der Waals surface area contributed by atoms with Crippen molar-refractivity contribution >= 4 is 21.8 Å². The standard InChI is InChI=1S/C18H23N3O2S2/c1-14-5-2-3-6-15(14)13-25(22,23)21-16-7-9-17(10-8-16)24-18-19-11-4-12-20-18/h2-6,11-12,16-17,21H,7-10,13H2,1H3. The number of aromatic nitrogens is 2. The molecule has 5 nitrogen and oxygen atoms in total. The lowest BCUT2D eigenvalue weighted by Crippen LogP contribution is -2.38. The second kappa shape index (κ2) is 8.29. The van der Waals surface area contributed by atoms with Gasteiger partial charge >= 0.3 is 0 Å². The minimum atomic E-state index is -3.31. The zero-order chi connectivity index (χ0) is 17.7. The van der Waals surface area contributed by atoms with E-state index in [1.807, 2.05) is 37.3 Å². The fourth-order valence-corrected chi connectivity index (χ4v) is 5.68. The van der Waals surface area contributed by atoms with Gasteiger partial charge < -0.3 is 0 Å². The predicted octanol–water partition coefficient (Wildman–Crippen LogP) is 3.31. The number of benzene rings is 1. The van der Waals surface area contributed by atoms with Gasteiger partial charge in [-0.2, -0.15) is 0 Å². The predicted molar refractivity (Wildman–Crippen MR) is 101 cm³/mol. The fourth-order valence-electron chi connectivity index (χ4n) is 3.07. The van der Waals surface area contributed by atoms with Crippen LogP contribution in [0.25, 0.3) is 0 Å². The van der Waals surface area contributed by atoms with Gasteiger partial charge in [0.15, 0.2) is 5.16 Å². The molecule has 0 amide bonds. The molecule has 7 heteroatoms. The summed E-state index contributed by atoms with van der Waals surface area (Å²) in [6, 6.07) is 9.47. The third kappa shape index (κ3) is 5.52. The normalized spacial score (nSPS) is 21.2. The number of aryl methyl sites for hydroxylation is 1. The number of hydrogen-bond donors (Lipinski definition) is 1. The molecule has 0 radical (unpaired) electrons. The van der Waals surface area contributed by atoms with Gasteiger partial charge in [-0.1, -0.05) is 36.0 Å². The highest BCUT2D eigenvalue weighted by molar-refractivity contribution is 7.99. The van der Waals surface area contributed by atoms with Crippen LogP contribution in [0.4, 0.5) is 0 Å². The van der Waals surface area contributed by atoms with Crippen molar-refractivity contribution in [1.29, 1.82) is 0 Å². The van der Waals surface area contributed by atoms with E-state index < -0.39 is 10.0 Å². The molecule has 1 aromatic heterocycles. The van der Waals surface area contributed by atoms with Crippen molar-refractivity contribution in [2.75, 3.05) is 0 Å². The molecule has 1 N–H and O–H groups in total. The lowest BCUT2D eigenvalue weighted by atomic mass is 9.96. The Morgan fingerprint density at radius 2 is 1.76 bits per heavy atom. The third-order valence-electron chi connectivity index (χ3n) is 4.44. The van der Waals surface area contributed by atoms with Gasteiger partial charge in [-0.25, -0.2) is 23.1 Å². The van der Waals surface area contributed by atoms with Gasteiger partial charge in [0.25, 0.3) is 0 Å². The first kappa shape index (κ1) is 18.4. The molecule has 1 saturated carbocycles. The molecule has 0 unspecified atom stereocenters. The van der Waals surface area contributed by atoms with Crippen LogP contribution in [0.3, 0.4) is 0 Å². The van der Waals surface area contributed by atoms with Crippen molar-refractivity contribution in [2.45, 2.75) is 54.8 Å². The highest BCUT2D eigenvalue weighted by Gasteiger charge is 2.26. The molecular formula is C18H23N3O2S2. The maximum atomic E-state index is 12.5. The summed E-state index contributed by atoms with van der Waals surface area (Å²) in [6.07, 6.45) is 7.16. The molecule has 1 aliphatic rings. The molecule has 3 rings (SSSR count). The molecule has 134 valence electrons.